The van der Waals surface area contributed by atoms with Gasteiger partial charge in [-0.15, -0.1) is 0 Å². The molecule has 0 aromatic rings. The van der Waals surface area contributed by atoms with Gasteiger partial charge in [0.05, 0.1) is 6.61 Å². The predicted octanol–water partition coefficient (Wildman–Crippen LogP) is 4.36. The molecule has 1 saturated carbocycles. The molecule has 2 atom stereocenters. The van der Waals surface area contributed by atoms with Crippen LogP contribution in [0.15, 0.2) is 0 Å². The van der Waals surface area contributed by atoms with Crippen molar-refractivity contribution in [3.63, 3.8) is 0 Å². The van der Waals surface area contributed by atoms with Gasteiger partial charge in [0.2, 0.25) is 11.8 Å². The minimum absolute atomic E-state index is 0.00407. The lowest BCUT2D eigenvalue weighted by Crippen LogP contribution is -2.52. The van der Waals surface area contributed by atoms with Gasteiger partial charge in [-0.2, -0.15) is 0 Å². The minimum atomic E-state index is -0.617. The normalized spacial score (nSPS) is 20.8. The summed E-state index contributed by atoms with van der Waals surface area (Å²) in [5.74, 6) is -0.0668. The molecule has 1 fully saturated rings. The van der Waals surface area contributed by atoms with Gasteiger partial charge in [-0.05, 0) is 44.4 Å². The van der Waals surface area contributed by atoms with E-state index in [0.717, 1.165) is 38.0 Å². The van der Waals surface area contributed by atoms with E-state index in [1.54, 1.807) is 6.92 Å². The molecule has 0 radical (unpaired) electrons. The molecule has 0 unspecified atom stereocenters. The summed E-state index contributed by atoms with van der Waals surface area (Å²) in [5.41, 5.74) is 0. The van der Waals surface area contributed by atoms with Crippen molar-refractivity contribution in [2.45, 2.75) is 104 Å². The highest BCUT2D eigenvalue weighted by atomic mass is 16.5. The Morgan fingerprint density at radius 2 is 1.63 bits per heavy atom. The number of ether oxygens (including phenoxy) is 1. The molecule has 0 spiro atoms. The largest absolute Gasteiger partial charge is 0.465 e. The lowest BCUT2D eigenvalue weighted by atomic mass is 9.79. The third-order valence-electron chi connectivity index (χ3n) is 6.44. The van der Waals surface area contributed by atoms with E-state index in [4.69, 9.17) is 4.74 Å². The molecule has 0 aromatic carbocycles. The Morgan fingerprint density at radius 1 is 0.967 bits per heavy atom. The van der Waals surface area contributed by atoms with Crippen LogP contribution in [0.4, 0.5) is 0 Å². The van der Waals surface area contributed by atoms with Gasteiger partial charge in [0.1, 0.15) is 12.6 Å². The van der Waals surface area contributed by atoms with Crippen LogP contribution in [0.1, 0.15) is 98.3 Å². The maximum Gasteiger partial charge on any atom is 0.325 e. The van der Waals surface area contributed by atoms with Crippen LogP contribution in [-0.2, 0) is 19.1 Å². The summed E-state index contributed by atoms with van der Waals surface area (Å²) in [4.78, 5) is 36.9. The Kier molecular flexibility index (Phi) is 13.4. The van der Waals surface area contributed by atoms with Gasteiger partial charge in [0, 0.05) is 5.92 Å². The fraction of sp³-hybridized carbons (Fsp3) is 0.875. The van der Waals surface area contributed by atoms with E-state index in [1.165, 1.54) is 38.5 Å². The van der Waals surface area contributed by atoms with Gasteiger partial charge >= 0.3 is 5.97 Å². The van der Waals surface area contributed by atoms with Crippen LogP contribution < -0.4 is 10.6 Å². The Morgan fingerprint density at radius 3 is 2.23 bits per heavy atom. The number of unbranched alkanes of at least 4 members (excludes halogenated alkanes) is 4. The average Bonchev–Trinajstić information content (AvgIpc) is 2.75. The van der Waals surface area contributed by atoms with Crippen LogP contribution in [0, 0.1) is 17.8 Å². The van der Waals surface area contributed by atoms with E-state index in [0.29, 0.717) is 0 Å². The van der Waals surface area contributed by atoms with E-state index < -0.39 is 12.0 Å². The molecule has 0 saturated heterocycles. The smallest absolute Gasteiger partial charge is 0.325 e. The summed E-state index contributed by atoms with van der Waals surface area (Å²) in [6, 6.07) is -0.617. The van der Waals surface area contributed by atoms with Crippen molar-refractivity contribution in [3.05, 3.63) is 0 Å². The zero-order valence-electron chi connectivity index (χ0n) is 19.6. The average molecular weight is 425 g/mol. The van der Waals surface area contributed by atoms with Crippen molar-refractivity contribution in [1.82, 2.24) is 10.6 Å². The maximum absolute atomic E-state index is 12.8. The van der Waals surface area contributed by atoms with Gasteiger partial charge < -0.3 is 15.4 Å². The summed E-state index contributed by atoms with van der Waals surface area (Å²) < 4.78 is 4.85. The fourth-order valence-corrected chi connectivity index (χ4v) is 4.20. The SMILES string of the molecule is CCCCCCCC1CCC(C(=O)N[C@@H](C(=O)NCC(=O)OCC)[C@H](C)CC)CC1. The molecule has 6 nitrogen and oxygen atoms in total. The molecule has 0 aliphatic heterocycles. The first-order chi connectivity index (χ1) is 14.4. The topological polar surface area (TPSA) is 84.5 Å². The van der Waals surface area contributed by atoms with Crippen LogP contribution in [0.3, 0.4) is 0 Å². The molecule has 0 heterocycles. The summed E-state index contributed by atoms with van der Waals surface area (Å²) in [5, 5.41) is 5.58. The molecule has 30 heavy (non-hydrogen) atoms. The minimum Gasteiger partial charge on any atom is -0.465 e. The number of rotatable bonds is 14. The van der Waals surface area contributed by atoms with Gasteiger partial charge in [-0.3, -0.25) is 14.4 Å². The Balaban J connectivity index is 2.44. The number of carbonyl (C=O) groups is 3. The molecule has 1 rings (SSSR count). The maximum atomic E-state index is 12.8. The summed E-state index contributed by atoms with van der Waals surface area (Å²) in [6.45, 7) is 8.02. The van der Waals surface area contributed by atoms with Crippen LogP contribution in [0.25, 0.3) is 0 Å². The Labute approximate surface area is 183 Å². The number of hydrogen-bond acceptors (Lipinski definition) is 4. The van der Waals surface area contributed by atoms with Crippen molar-refractivity contribution in [3.8, 4) is 0 Å². The zero-order valence-corrected chi connectivity index (χ0v) is 19.6. The van der Waals surface area contributed by atoms with Crippen LogP contribution >= 0.6 is 0 Å². The van der Waals surface area contributed by atoms with Crippen molar-refractivity contribution in [2.75, 3.05) is 13.2 Å². The quantitative estimate of drug-likeness (QED) is 0.320. The van der Waals surface area contributed by atoms with Crippen LogP contribution in [0.2, 0.25) is 0 Å². The molecule has 0 bridgehead atoms. The van der Waals surface area contributed by atoms with Crippen LogP contribution in [-0.4, -0.2) is 37.0 Å². The highest BCUT2D eigenvalue weighted by molar-refractivity contribution is 5.90. The summed E-state index contributed by atoms with van der Waals surface area (Å²) >= 11 is 0. The molecular formula is C24H44N2O4. The summed E-state index contributed by atoms with van der Waals surface area (Å²) in [6.07, 6.45) is 12.6. The molecule has 1 aliphatic rings. The molecule has 0 aromatic heterocycles. The first-order valence-electron chi connectivity index (χ1n) is 12.2. The second kappa shape index (κ2) is 15.2. The number of amides is 2. The summed E-state index contributed by atoms with van der Waals surface area (Å²) in [7, 11) is 0. The zero-order chi connectivity index (χ0) is 22.4. The van der Waals surface area contributed by atoms with Crippen molar-refractivity contribution in [1.29, 1.82) is 0 Å². The van der Waals surface area contributed by atoms with Gasteiger partial charge in [0.15, 0.2) is 0 Å². The lowest BCUT2D eigenvalue weighted by Gasteiger charge is -2.30. The number of esters is 1. The van der Waals surface area contributed by atoms with E-state index in [-0.39, 0.29) is 36.8 Å². The van der Waals surface area contributed by atoms with E-state index in [2.05, 4.69) is 17.6 Å². The highest BCUT2D eigenvalue weighted by Gasteiger charge is 2.31. The van der Waals surface area contributed by atoms with E-state index >= 15 is 0 Å². The second-order valence-corrected chi connectivity index (χ2v) is 8.82. The Hall–Kier alpha value is -1.59. The molecule has 174 valence electrons. The number of carbonyl (C=O) groups excluding carboxylic acids is 3. The fourth-order valence-electron chi connectivity index (χ4n) is 4.20. The molecule has 2 N–H and O–H groups in total. The molecule has 2 amide bonds. The first kappa shape index (κ1) is 26.4. The predicted molar refractivity (Wildman–Crippen MR) is 120 cm³/mol. The van der Waals surface area contributed by atoms with Gasteiger partial charge in [0.25, 0.3) is 0 Å². The lowest BCUT2D eigenvalue weighted by molar-refractivity contribution is -0.143. The highest BCUT2D eigenvalue weighted by Crippen LogP contribution is 2.32. The molecular weight excluding hydrogens is 380 g/mol. The Bertz CT molecular complexity index is 515. The van der Waals surface area contributed by atoms with Gasteiger partial charge in [-0.25, -0.2) is 0 Å². The number of hydrogen-bond donors (Lipinski definition) is 2. The third kappa shape index (κ3) is 9.94. The van der Waals surface area contributed by atoms with E-state index in [9.17, 15) is 14.4 Å². The van der Waals surface area contributed by atoms with Gasteiger partial charge in [-0.1, -0.05) is 65.7 Å². The standard InChI is InChI=1S/C24H44N2O4/c1-5-8-9-10-11-12-19-13-15-20(16-14-19)23(28)26-22(18(4)6-2)24(29)25-17-21(27)30-7-3/h18-20,22H,5-17H2,1-4H3,(H,25,29)(H,26,28)/t18-,19?,20?,22-/m1/s1. The van der Waals surface area contributed by atoms with Crippen molar-refractivity contribution < 1.29 is 19.1 Å². The monoisotopic (exact) mass is 424 g/mol. The second-order valence-electron chi connectivity index (χ2n) is 8.82. The number of nitrogens with one attached hydrogen (secondary N) is 2. The van der Waals surface area contributed by atoms with E-state index in [1.807, 2.05) is 13.8 Å². The molecule has 6 heteroatoms. The van der Waals surface area contributed by atoms with Crippen molar-refractivity contribution in [2.24, 2.45) is 17.8 Å². The molecule has 1 aliphatic carbocycles. The third-order valence-corrected chi connectivity index (χ3v) is 6.44. The van der Waals surface area contributed by atoms with Crippen molar-refractivity contribution >= 4 is 17.8 Å². The van der Waals surface area contributed by atoms with Crippen LogP contribution in [0.5, 0.6) is 0 Å². The first-order valence-corrected chi connectivity index (χ1v) is 12.2.